The van der Waals surface area contributed by atoms with Crippen molar-refractivity contribution in [1.29, 1.82) is 0 Å². The van der Waals surface area contributed by atoms with Gasteiger partial charge in [-0.3, -0.25) is 4.79 Å². The third kappa shape index (κ3) is 3.22. The maximum Gasteiger partial charge on any atom is 0.257 e. The molecule has 20 heavy (non-hydrogen) atoms. The lowest BCUT2D eigenvalue weighted by atomic mass is 10.1. The summed E-state index contributed by atoms with van der Waals surface area (Å²) in [6.07, 6.45) is 2.99. The highest BCUT2D eigenvalue weighted by atomic mass is 16.5. The van der Waals surface area contributed by atoms with Crippen LogP contribution in [0.4, 0.5) is 5.69 Å². The van der Waals surface area contributed by atoms with Gasteiger partial charge in [0.05, 0.1) is 12.7 Å². The molecule has 2 unspecified atom stereocenters. The van der Waals surface area contributed by atoms with Crippen LogP contribution in [-0.4, -0.2) is 31.8 Å². The molecule has 2 atom stereocenters. The lowest BCUT2D eigenvalue weighted by Crippen LogP contribution is -2.34. The van der Waals surface area contributed by atoms with Gasteiger partial charge in [0, 0.05) is 18.8 Å². The Hall–Kier alpha value is -1.75. The second-order valence-corrected chi connectivity index (χ2v) is 4.99. The normalized spacial score (nSPS) is 21.7. The summed E-state index contributed by atoms with van der Waals surface area (Å²) in [4.78, 5) is 12.4. The van der Waals surface area contributed by atoms with E-state index in [0.29, 0.717) is 23.6 Å². The first-order chi connectivity index (χ1) is 9.65. The number of methoxy groups -OCH3 is 1. The summed E-state index contributed by atoms with van der Waals surface area (Å²) in [6, 6.07) is 5.40. The minimum absolute atomic E-state index is 0.140. The highest BCUT2D eigenvalue weighted by molar-refractivity contribution is 6.02. The zero-order valence-corrected chi connectivity index (χ0v) is 12.0. The fourth-order valence-corrected chi connectivity index (χ4v) is 2.61. The second-order valence-electron chi connectivity index (χ2n) is 4.99. The smallest absolute Gasteiger partial charge is 0.257 e. The predicted octanol–water partition coefficient (Wildman–Crippen LogP) is 1.96. The molecule has 1 aliphatic carbocycles. The second kappa shape index (κ2) is 6.61. The summed E-state index contributed by atoms with van der Waals surface area (Å²) in [6.45, 7) is 2.38. The van der Waals surface area contributed by atoms with Gasteiger partial charge in [0.15, 0.2) is 0 Å². The number of carbonyl (C=O) groups is 1. The number of hydrogen-bond acceptors (Lipinski definition) is 4. The lowest BCUT2D eigenvalue weighted by Gasteiger charge is -2.16. The first kappa shape index (κ1) is 14.7. The van der Waals surface area contributed by atoms with Crippen molar-refractivity contribution in [2.24, 2.45) is 0 Å². The molecule has 0 aromatic heterocycles. The van der Waals surface area contributed by atoms with E-state index >= 15 is 0 Å². The van der Waals surface area contributed by atoms with Crippen LogP contribution in [0.5, 0.6) is 5.75 Å². The molecular weight excluding hydrogens is 256 g/mol. The number of nitrogen functional groups attached to an aromatic ring is 1. The van der Waals surface area contributed by atoms with Gasteiger partial charge in [-0.15, -0.1) is 0 Å². The van der Waals surface area contributed by atoms with Crippen molar-refractivity contribution in [1.82, 2.24) is 5.32 Å². The van der Waals surface area contributed by atoms with Crippen LogP contribution in [0.3, 0.4) is 0 Å². The van der Waals surface area contributed by atoms with Crippen LogP contribution in [-0.2, 0) is 4.74 Å². The van der Waals surface area contributed by atoms with Crippen LogP contribution in [0, 0.1) is 0 Å². The minimum atomic E-state index is -0.173. The molecule has 0 heterocycles. The molecule has 1 aromatic rings. The van der Waals surface area contributed by atoms with Gasteiger partial charge in [-0.1, -0.05) is 6.07 Å². The van der Waals surface area contributed by atoms with Crippen LogP contribution in [0.25, 0.3) is 0 Å². The number of hydrogen-bond donors (Lipinski definition) is 2. The number of nitrogens with one attached hydrogen (secondary N) is 1. The number of benzene rings is 1. The average Bonchev–Trinajstić information content (AvgIpc) is 2.86. The van der Waals surface area contributed by atoms with Crippen LogP contribution < -0.4 is 15.8 Å². The Bertz CT molecular complexity index is 476. The number of carbonyl (C=O) groups excluding carboxylic acids is 1. The molecule has 5 nitrogen and oxygen atoms in total. The van der Waals surface area contributed by atoms with Crippen molar-refractivity contribution in [3.05, 3.63) is 23.8 Å². The zero-order chi connectivity index (χ0) is 14.5. The van der Waals surface area contributed by atoms with Gasteiger partial charge in [-0.05, 0) is 38.3 Å². The third-order valence-corrected chi connectivity index (χ3v) is 3.64. The van der Waals surface area contributed by atoms with Crippen LogP contribution in [0.15, 0.2) is 18.2 Å². The SMILES string of the molecule is CCOc1cccc(N)c1C(=O)NC1CCC(OC)C1. The van der Waals surface area contributed by atoms with Gasteiger partial charge >= 0.3 is 0 Å². The van der Waals surface area contributed by atoms with Crippen LogP contribution >= 0.6 is 0 Å². The van der Waals surface area contributed by atoms with Gasteiger partial charge in [0.25, 0.3) is 5.91 Å². The topological polar surface area (TPSA) is 73.6 Å². The number of nitrogens with two attached hydrogens (primary N) is 1. The van der Waals surface area contributed by atoms with Crippen LogP contribution in [0.2, 0.25) is 0 Å². The fraction of sp³-hybridized carbons (Fsp3) is 0.533. The van der Waals surface area contributed by atoms with E-state index in [9.17, 15) is 4.79 Å². The Kier molecular flexibility index (Phi) is 4.84. The molecule has 0 aliphatic heterocycles. The Morgan fingerprint density at radius 1 is 1.45 bits per heavy atom. The number of rotatable bonds is 5. The number of ether oxygens (including phenoxy) is 2. The standard InChI is InChI=1S/C15H22N2O3/c1-3-20-13-6-4-5-12(16)14(13)15(18)17-10-7-8-11(9-10)19-2/h4-6,10-11H,3,7-9,16H2,1-2H3,(H,17,18). The molecule has 110 valence electrons. The predicted molar refractivity (Wildman–Crippen MR) is 77.9 cm³/mol. The van der Waals surface area contributed by atoms with E-state index in [2.05, 4.69) is 5.32 Å². The molecule has 3 N–H and O–H groups in total. The Balaban J connectivity index is 2.09. The molecule has 1 amide bonds. The van der Waals surface area contributed by atoms with Gasteiger partial charge < -0.3 is 20.5 Å². The van der Waals surface area contributed by atoms with E-state index in [1.54, 1.807) is 25.3 Å². The summed E-state index contributed by atoms with van der Waals surface area (Å²) < 4.78 is 10.8. The summed E-state index contributed by atoms with van der Waals surface area (Å²) in [5.41, 5.74) is 6.78. The highest BCUT2D eigenvalue weighted by Crippen LogP contribution is 2.26. The highest BCUT2D eigenvalue weighted by Gasteiger charge is 2.27. The Labute approximate surface area is 119 Å². The van der Waals surface area contributed by atoms with Gasteiger partial charge in [0.1, 0.15) is 11.3 Å². The van der Waals surface area contributed by atoms with Crippen molar-refractivity contribution in [2.45, 2.75) is 38.3 Å². The zero-order valence-electron chi connectivity index (χ0n) is 12.0. The van der Waals surface area contributed by atoms with E-state index in [-0.39, 0.29) is 18.1 Å². The molecule has 0 radical (unpaired) electrons. The van der Waals surface area contributed by atoms with E-state index in [4.69, 9.17) is 15.2 Å². The van der Waals surface area contributed by atoms with Crippen molar-refractivity contribution >= 4 is 11.6 Å². The van der Waals surface area contributed by atoms with E-state index in [1.165, 1.54) is 0 Å². The van der Waals surface area contributed by atoms with E-state index < -0.39 is 0 Å². The quantitative estimate of drug-likeness (QED) is 0.808. The average molecular weight is 278 g/mol. The number of amides is 1. The Morgan fingerprint density at radius 2 is 2.25 bits per heavy atom. The molecule has 0 bridgehead atoms. The van der Waals surface area contributed by atoms with Crippen molar-refractivity contribution in [2.75, 3.05) is 19.5 Å². The molecule has 1 fully saturated rings. The largest absolute Gasteiger partial charge is 0.493 e. The molecule has 2 rings (SSSR count). The van der Waals surface area contributed by atoms with Gasteiger partial charge in [0.2, 0.25) is 0 Å². The fourth-order valence-electron chi connectivity index (χ4n) is 2.61. The summed E-state index contributed by atoms with van der Waals surface area (Å²) in [5, 5.41) is 3.02. The van der Waals surface area contributed by atoms with Gasteiger partial charge in [-0.25, -0.2) is 0 Å². The number of anilines is 1. The molecule has 0 spiro atoms. The van der Waals surface area contributed by atoms with Crippen molar-refractivity contribution in [3.63, 3.8) is 0 Å². The van der Waals surface area contributed by atoms with Crippen LogP contribution in [0.1, 0.15) is 36.5 Å². The third-order valence-electron chi connectivity index (χ3n) is 3.64. The first-order valence-electron chi connectivity index (χ1n) is 7.00. The molecule has 0 saturated heterocycles. The van der Waals surface area contributed by atoms with Gasteiger partial charge in [-0.2, -0.15) is 0 Å². The Morgan fingerprint density at radius 3 is 2.90 bits per heavy atom. The summed E-state index contributed by atoms with van der Waals surface area (Å²) in [7, 11) is 1.71. The van der Waals surface area contributed by atoms with E-state index in [1.807, 2.05) is 6.92 Å². The maximum absolute atomic E-state index is 12.4. The molecular formula is C15H22N2O3. The van der Waals surface area contributed by atoms with E-state index in [0.717, 1.165) is 19.3 Å². The maximum atomic E-state index is 12.4. The molecule has 1 saturated carbocycles. The minimum Gasteiger partial charge on any atom is -0.493 e. The van der Waals surface area contributed by atoms with Crippen molar-refractivity contribution in [3.8, 4) is 5.75 Å². The lowest BCUT2D eigenvalue weighted by molar-refractivity contribution is 0.0912. The molecule has 1 aliphatic rings. The molecule has 1 aromatic carbocycles. The molecule has 5 heteroatoms. The monoisotopic (exact) mass is 278 g/mol. The first-order valence-corrected chi connectivity index (χ1v) is 7.00. The summed E-state index contributed by atoms with van der Waals surface area (Å²) >= 11 is 0. The van der Waals surface area contributed by atoms with Crippen molar-refractivity contribution < 1.29 is 14.3 Å². The summed E-state index contributed by atoms with van der Waals surface area (Å²) in [5.74, 6) is 0.361.